The average molecular weight is 316 g/mol. The van der Waals surface area contributed by atoms with Crippen molar-refractivity contribution in [3.05, 3.63) is 11.6 Å². The molecular formula is C20H28O3. The molecule has 0 heterocycles. The molecule has 3 heteroatoms. The number of carbonyl (C=O) groups is 2. The number of Topliss-reactive ketones (excluding diaryl/α,β-unsaturated/α-hetero) is 1. The van der Waals surface area contributed by atoms with Crippen LogP contribution >= 0.6 is 0 Å². The monoisotopic (exact) mass is 316 g/mol. The van der Waals surface area contributed by atoms with E-state index in [2.05, 4.69) is 13.8 Å². The Bertz CT molecular complexity index is 616. The number of aliphatic hydroxyl groups is 1. The Hall–Kier alpha value is -0.960. The number of carbonyl (C=O) groups excluding carboxylic acids is 2. The van der Waals surface area contributed by atoms with Gasteiger partial charge >= 0.3 is 0 Å². The van der Waals surface area contributed by atoms with E-state index in [1.165, 1.54) is 0 Å². The number of rotatable bonds is 0. The second-order valence-electron chi connectivity index (χ2n) is 9.21. The predicted molar refractivity (Wildman–Crippen MR) is 87.7 cm³/mol. The number of hydrogen-bond acceptors (Lipinski definition) is 3. The van der Waals surface area contributed by atoms with Crippen molar-refractivity contribution in [3.63, 3.8) is 0 Å². The van der Waals surface area contributed by atoms with E-state index < -0.39 is 5.60 Å². The molecule has 3 nitrogen and oxygen atoms in total. The van der Waals surface area contributed by atoms with Crippen LogP contribution in [-0.4, -0.2) is 22.3 Å². The van der Waals surface area contributed by atoms with Crippen molar-refractivity contribution < 1.29 is 14.7 Å². The highest BCUT2D eigenvalue weighted by atomic mass is 16.3. The molecule has 3 fully saturated rings. The first kappa shape index (κ1) is 15.6. The fourth-order valence-electron chi connectivity index (χ4n) is 6.63. The van der Waals surface area contributed by atoms with Gasteiger partial charge in [0.25, 0.3) is 0 Å². The zero-order chi connectivity index (χ0) is 16.6. The lowest BCUT2D eigenvalue weighted by Crippen LogP contribution is -2.55. The van der Waals surface area contributed by atoms with Crippen LogP contribution in [0.1, 0.15) is 65.7 Å². The van der Waals surface area contributed by atoms with Crippen molar-refractivity contribution in [2.45, 2.75) is 71.3 Å². The van der Waals surface area contributed by atoms with Gasteiger partial charge in [-0.15, -0.1) is 0 Å². The second-order valence-corrected chi connectivity index (χ2v) is 9.21. The molecule has 23 heavy (non-hydrogen) atoms. The van der Waals surface area contributed by atoms with Gasteiger partial charge in [-0.25, -0.2) is 0 Å². The lowest BCUT2D eigenvalue weighted by atomic mass is 9.46. The van der Waals surface area contributed by atoms with Crippen LogP contribution in [0, 0.1) is 28.6 Å². The zero-order valence-electron chi connectivity index (χ0n) is 14.5. The largest absolute Gasteiger partial charge is 0.390 e. The number of hydrogen-bond donors (Lipinski definition) is 1. The van der Waals surface area contributed by atoms with Gasteiger partial charge in [-0.2, -0.15) is 0 Å². The summed E-state index contributed by atoms with van der Waals surface area (Å²) in [5.41, 5.74) is 0.0224. The Labute approximate surface area is 138 Å². The molecule has 0 aliphatic heterocycles. The van der Waals surface area contributed by atoms with Gasteiger partial charge in [0, 0.05) is 18.4 Å². The van der Waals surface area contributed by atoms with E-state index in [1.54, 1.807) is 6.08 Å². The molecular weight excluding hydrogens is 288 g/mol. The first-order chi connectivity index (χ1) is 10.7. The lowest BCUT2D eigenvalue weighted by Gasteiger charge is -2.58. The fourth-order valence-corrected chi connectivity index (χ4v) is 6.63. The molecule has 0 bridgehead atoms. The van der Waals surface area contributed by atoms with Crippen LogP contribution in [0.2, 0.25) is 0 Å². The van der Waals surface area contributed by atoms with Crippen LogP contribution in [0.4, 0.5) is 0 Å². The van der Waals surface area contributed by atoms with E-state index in [4.69, 9.17) is 0 Å². The Morgan fingerprint density at radius 1 is 1.04 bits per heavy atom. The van der Waals surface area contributed by atoms with Crippen molar-refractivity contribution in [2.75, 3.05) is 0 Å². The summed E-state index contributed by atoms with van der Waals surface area (Å²) in [4.78, 5) is 24.6. The van der Waals surface area contributed by atoms with Gasteiger partial charge in [-0.1, -0.05) is 13.8 Å². The average Bonchev–Trinajstić information content (AvgIpc) is 2.72. The van der Waals surface area contributed by atoms with Crippen LogP contribution in [0.25, 0.3) is 0 Å². The van der Waals surface area contributed by atoms with Crippen molar-refractivity contribution in [1.82, 2.24) is 0 Å². The van der Waals surface area contributed by atoms with Gasteiger partial charge in [-0.3, -0.25) is 9.59 Å². The molecule has 4 aliphatic carbocycles. The molecule has 0 aromatic carbocycles. The third-order valence-electron chi connectivity index (χ3n) is 8.35. The molecule has 3 unspecified atom stereocenters. The maximum absolute atomic E-state index is 12.8. The van der Waals surface area contributed by atoms with Gasteiger partial charge in [0.15, 0.2) is 11.6 Å². The van der Waals surface area contributed by atoms with Crippen LogP contribution in [-0.2, 0) is 9.59 Å². The summed E-state index contributed by atoms with van der Waals surface area (Å²) in [6.07, 6.45) is 7.63. The van der Waals surface area contributed by atoms with Gasteiger partial charge < -0.3 is 5.11 Å². The Balaban J connectivity index is 1.75. The van der Waals surface area contributed by atoms with Gasteiger partial charge in [0.2, 0.25) is 0 Å². The normalized spacial score (nSPS) is 52.5. The minimum absolute atomic E-state index is 0.0590. The van der Waals surface area contributed by atoms with Crippen molar-refractivity contribution in [3.8, 4) is 0 Å². The van der Waals surface area contributed by atoms with Crippen LogP contribution < -0.4 is 0 Å². The van der Waals surface area contributed by atoms with E-state index in [1.807, 2.05) is 6.92 Å². The Kier molecular flexibility index (Phi) is 3.09. The van der Waals surface area contributed by atoms with Crippen molar-refractivity contribution >= 4 is 11.6 Å². The summed E-state index contributed by atoms with van der Waals surface area (Å²) in [5.74, 6) is 1.62. The number of fused-ring (bicyclic) bond motifs is 5. The highest BCUT2D eigenvalue weighted by Gasteiger charge is 2.63. The highest BCUT2D eigenvalue weighted by Crippen LogP contribution is 2.66. The summed E-state index contributed by atoms with van der Waals surface area (Å²) >= 11 is 0. The van der Waals surface area contributed by atoms with Crippen molar-refractivity contribution in [1.29, 1.82) is 0 Å². The molecule has 4 aliphatic rings. The summed E-state index contributed by atoms with van der Waals surface area (Å²) < 4.78 is 0. The molecule has 0 radical (unpaired) electrons. The third-order valence-corrected chi connectivity index (χ3v) is 8.35. The first-order valence-electron chi connectivity index (χ1n) is 9.20. The van der Waals surface area contributed by atoms with Crippen LogP contribution in [0.15, 0.2) is 11.6 Å². The molecule has 6 atom stereocenters. The smallest absolute Gasteiger partial charge is 0.159 e. The standard InChI is InChI=1S/C20H28O3/c1-18-7-4-12(21)10-16(18)17(22)11-13-14(18)5-8-19(2)15(13)6-9-20(19,3)23/h10,13-15,23H,4-9,11H2,1-3H3/t13?,14?,15?,18-,19+,20+/m0/s1. The zero-order valence-corrected chi connectivity index (χ0v) is 14.5. The number of ketones is 2. The summed E-state index contributed by atoms with van der Waals surface area (Å²) in [5, 5.41) is 10.9. The van der Waals surface area contributed by atoms with Crippen LogP contribution in [0.5, 0.6) is 0 Å². The van der Waals surface area contributed by atoms with Gasteiger partial charge in [-0.05, 0) is 73.7 Å². The van der Waals surface area contributed by atoms with Gasteiger partial charge in [0.1, 0.15) is 0 Å². The Morgan fingerprint density at radius 2 is 1.74 bits per heavy atom. The summed E-state index contributed by atoms with van der Waals surface area (Å²) in [7, 11) is 0. The molecule has 3 saturated carbocycles. The Morgan fingerprint density at radius 3 is 2.48 bits per heavy atom. The van der Waals surface area contributed by atoms with Crippen molar-refractivity contribution in [2.24, 2.45) is 28.6 Å². The molecule has 0 aromatic rings. The van der Waals surface area contributed by atoms with E-state index in [0.29, 0.717) is 30.6 Å². The lowest BCUT2D eigenvalue weighted by molar-refractivity contribution is -0.140. The third kappa shape index (κ3) is 1.86. The molecule has 0 saturated heterocycles. The molecule has 126 valence electrons. The van der Waals surface area contributed by atoms with E-state index in [9.17, 15) is 14.7 Å². The summed E-state index contributed by atoms with van der Waals surface area (Å²) in [6.45, 7) is 6.45. The highest BCUT2D eigenvalue weighted by molar-refractivity contribution is 6.05. The first-order valence-corrected chi connectivity index (χ1v) is 9.20. The number of allylic oxidation sites excluding steroid dienone is 1. The van der Waals surface area contributed by atoms with E-state index in [-0.39, 0.29) is 22.4 Å². The van der Waals surface area contributed by atoms with E-state index in [0.717, 1.165) is 37.7 Å². The molecule has 1 N–H and O–H groups in total. The fraction of sp³-hybridized carbons (Fsp3) is 0.800. The maximum Gasteiger partial charge on any atom is 0.159 e. The second kappa shape index (κ2) is 4.56. The molecule has 0 amide bonds. The summed E-state index contributed by atoms with van der Waals surface area (Å²) in [6, 6.07) is 0. The maximum atomic E-state index is 12.8. The molecule has 0 aromatic heterocycles. The molecule has 4 rings (SSSR count). The quantitative estimate of drug-likeness (QED) is 0.745. The minimum Gasteiger partial charge on any atom is -0.390 e. The van der Waals surface area contributed by atoms with Gasteiger partial charge in [0.05, 0.1) is 5.60 Å². The van der Waals surface area contributed by atoms with E-state index >= 15 is 0 Å². The van der Waals surface area contributed by atoms with Crippen LogP contribution in [0.3, 0.4) is 0 Å². The minimum atomic E-state index is -0.606. The topological polar surface area (TPSA) is 54.4 Å². The SMILES string of the molecule is C[C@@]12CCC(=O)C=C1C(=O)CC1C2CC[C@]2(C)C1CC[C@@]2(C)O. The molecule has 0 spiro atoms. The predicted octanol–water partition coefficient (Wildman–Crippen LogP) is 3.45.